The van der Waals surface area contributed by atoms with Gasteiger partial charge in [-0.2, -0.15) is 5.26 Å². The fraction of sp³-hybridized carbons (Fsp3) is 0.240. The van der Waals surface area contributed by atoms with Gasteiger partial charge in [0.25, 0.3) is 5.56 Å². The average molecular weight is 439 g/mol. The van der Waals surface area contributed by atoms with E-state index >= 15 is 0 Å². The van der Waals surface area contributed by atoms with E-state index in [0.717, 1.165) is 16.6 Å². The van der Waals surface area contributed by atoms with Gasteiger partial charge in [-0.1, -0.05) is 18.2 Å². The predicted molar refractivity (Wildman–Crippen MR) is 122 cm³/mol. The average Bonchev–Trinajstić information content (AvgIpc) is 2.86. The van der Waals surface area contributed by atoms with Crippen LogP contribution in [0.3, 0.4) is 0 Å². The Morgan fingerprint density at radius 1 is 1.12 bits per heavy atom. The lowest BCUT2D eigenvalue weighted by molar-refractivity contribution is 0.0694. The highest BCUT2D eigenvalue weighted by atomic mass is 16.4. The molecule has 8 heteroatoms. The lowest BCUT2D eigenvalue weighted by atomic mass is 9.77. The first-order valence-electron chi connectivity index (χ1n) is 10.7. The second-order valence-corrected chi connectivity index (χ2v) is 8.36. The maximum Gasteiger partial charge on any atom is 0.341 e. The molecule has 0 saturated carbocycles. The quantitative estimate of drug-likeness (QED) is 0.520. The number of piperidine rings is 1. The van der Waals surface area contributed by atoms with Gasteiger partial charge >= 0.3 is 5.97 Å². The summed E-state index contributed by atoms with van der Waals surface area (Å²) in [6.07, 6.45) is 4.47. The van der Waals surface area contributed by atoms with Crippen molar-refractivity contribution in [3.8, 4) is 6.07 Å². The molecule has 8 nitrogen and oxygen atoms in total. The minimum absolute atomic E-state index is 0.247. The van der Waals surface area contributed by atoms with Crippen molar-refractivity contribution in [3.05, 3.63) is 88.1 Å². The summed E-state index contributed by atoms with van der Waals surface area (Å²) >= 11 is 0. The van der Waals surface area contributed by atoms with E-state index in [0.29, 0.717) is 43.7 Å². The number of rotatable bonds is 4. The van der Waals surface area contributed by atoms with Crippen LogP contribution < -0.4 is 5.56 Å². The predicted octanol–water partition coefficient (Wildman–Crippen LogP) is 3.00. The summed E-state index contributed by atoms with van der Waals surface area (Å²) in [5.74, 6) is -1.24. The number of aromatic carboxylic acids is 1. The van der Waals surface area contributed by atoms with Crippen molar-refractivity contribution in [1.82, 2.24) is 19.3 Å². The number of hydrogen-bond donors (Lipinski definition) is 1. The lowest BCUT2D eigenvalue weighted by Crippen LogP contribution is -2.42. The third kappa shape index (κ3) is 3.62. The van der Waals surface area contributed by atoms with Gasteiger partial charge in [0, 0.05) is 25.8 Å². The van der Waals surface area contributed by atoms with E-state index in [2.05, 4.69) is 16.0 Å². The van der Waals surface area contributed by atoms with Gasteiger partial charge in [0.2, 0.25) is 0 Å². The summed E-state index contributed by atoms with van der Waals surface area (Å²) in [5.41, 5.74) is 2.21. The molecule has 0 radical (unpaired) electrons. The Kier molecular flexibility index (Phi) is 5.11. The number of para-hydroxylation sites is 2. The Morgan fingerprint density at radius 2 is 1.85 bits per heavy atom. The minimum Gasteiger partial charge on any atom is -0.477 e. The zero-order chi connectivity index (χ0) is 23.0. The lowest BCUT2D eigenvalue weighted by Gasteiger charge is -2.37. The molecule has 0 atom stereocenters. The molecule has 0 amide bonds. The first kappa shape index (κ1) is 20.8. The number of carboxylic acids is 1. The van der Waals surface area contributed by atoms with Crippen LogP contribution in [-0.4, -0.2) is 43.4 Å². The molecule has 0 spiro atoms. The fourth-order valence-corrected chi connectivity index (χ4v) is 4.55. The van der Waals surface area contributed by atoms with E-state index in [9.17, 15) is 20.0 Å². The van der Waals surface area contributed by atoms with Crippen LogP contribution in [0.25, 0.3) is 16.6 Å². The number of nitrogens with zero attached hydrogens (tertiary/aromatic N) is 5. The van der Waals surface area contributed by atoms with Gasteiger partial charge in [0.05, 0.1) is 34.5 Å². The third-order valence-corrected chi connectivity index (χ3v) is 6.44. The van der Waals surface area contributed by atoms with E-state index in [1.807, 2.05) is 36.4 Å². The molecule has 0 bridgehead atoms. The Hall–Kier alpha value is -4.09. The topological polar surface area (TPSA) is 112 Å². The number of carbonyl (C=O) groups is 1. The Labute approximate surface area is 189 Å². The molecule has 1 aromatic carbocycles. The molecule has 5 rings (SSSR count). The second kappa shape index (κ2) is 8.11. The molecule has 4 aromatic rings. The van der Waals surface area contributed by atoms with Crippen molar-refractivity contribution < 1.29 is 9.90 Å². The molecule has 1 saturated heterocycles. The highest BCUT2D eigenvalue weighted by Crippen LogP contribution is 2.35. The summed E-state index contributed by atoms with van der Waals surface area (Å²) in [4.78, 5) is 35.5. The van der Waals surface area contributed by atoms with Crippen molar-refractivity contribution >= 4 is 22.5 Å². The largest absolute Gasteiger partial charge is 0.477 e. The van der Waals surface area contributed by atoms with Crippen LogP contribution in [0.1, 0.15) is 34.5 Å². The summed E-state index contributed by atoms with van der Waals surface area (Å²) in [7, 11) is 0. The smallest absolute Gasteiger partial charge is 0.341 e. The van der Waals surface area contributed by atoms with Crippen LogP contribution >= 0.6 is 0 Å². The van der Waals surface area contributed by atoms with Crippen molar-refractivity contribution in [2.24, 2.45) is 0 Å². The summed E-state index contributed by atoms with van der Waals surface area (Å²) in [5, 5.41) is 19.6. The first-order valence-corrected chi connectivity index (χ1v) is 10.7. The van der Waals surface area contributed by atoms with Crippen molar-refractivity contribution in [2.75, 3.05) is 13.1 Å². The summed E-state index contributed by atoms with van der Waals surface area (Å²) < 4.78 is 1.38. The number of pyridine rings is 2. The first-order chi connectivity index (χ1) is 16.0. The van der Waals surface area contributed by atoms with E-state index < -0.39 is 16.9 Å². The van der Waals surface area contributed by atoms with E-state index in [1.54, 1.807) is 18.5 Å². The van der Waals surface area contributed by atoms with Crippen molar-refractivity contribution in [3.63, 3.8) is 0 Å². The van der Waals surface area contributed by atoms with E-state index in [-0.39, 0.29) is 5.56 Å². The molecular weight excluding hydrogens is 418 g/mol. The molecule has 4 heterocycles. The third-order valence-electron chi connectivity index (χ3n) is 6.44. The number of aromatic nitrogens is 3. The molecule has 0 unspecified atom stereocenters. The molecule has 1 aliphatic rings. The SMILES string of the molecule is N#CC1(c2cnc3ccccc3n2)CCN(Cc2cc(C(=O)O)c(=O)n3ccccc23)CC1. The van der Waals surface area contributed by atoms with Crippen LogP contribution in [0.4, 0.5) is 0 Å². The fourth-order valence-electron chi connectivity index (χ4n) is 4.55. The van der Waals surface area contributed by atoms with E-state index in [1.165, 1.54) is 10.5 Å². The van der Waals surface area contributed by atoms with Crippen LogP contribution in [0.2, 0.25) is 0 Å². The van der Waals surface area contributed by atoms with Gasteiger partial charge in [-0.3, -0.25) is 19.1 Å². The van der Waals surface area contributed by atoms with Crippen LogP contribution in [0.5, 0.6) is 0 Å². The minimum atomic E-state index is -1.24. The zero-order valence-electron chi connectivity index (χ0n) is 17.8. The maximum atomic E-state index is 12.5. The molecule has 1 N–H and O–H groups in total. The van der Waals surface area contributed by atoms with Gasteiger partial charge < -0.3 is 5.11 Å². The van der Waals surface area contributed by atoms with Crippen LogP contribution in [0, 0.1) is 11.3 Å². The monoisotopic (exact) mass is 439 g/mol. The van der Waals surface area contributed by atoms with Gasteiger partial charge in [-0.25, -0.2) is 9.78 Å². The number of likely N-dealkylation sites (tertiary alicyclic amines) is 1. The Morgan fingerprint density at radius 3 is 2.58 bits per heavy atom. The molecule has 0 aliphatic carbocycles. The maximum absolute atomic E-state index is 12.5. The second-order valence-electron chi connectivity index (χ2n) is 8.36. The number of hydrogen-bond acceptors (Lipinski definition) is 6. The number of fused-ring (bicyclic) bond motifs is 2. The normalized spacial score (nSPS) is 16.0. The number of benzene rings is 1. The van der Waals surface area contributed by atoms with Gasteiger partial charge in [-0.05, 0) is 48.7 Å². The molecule has 164 valence electrons. The highest BCUT2D eigenvalue weighted by Gasteiger charge is 2.38. The zero-order valence-corrected chi connectivity index (χ0v) is 17.8. The van der Waals surface area contributed by atoms with Crippen LogP contribution in [0.15, 0.2) is 65.7 Å². The van der Waals surface area contributed by atoms with Gasteiger partial charge in [0.1, 0.15) is 11.0 Å². The molecule has 1 fully saturated rings. The molecular formula is C25H21N5O3. The summed E-state index contributed by atoms with van der Waals surface area (Å²) in [6.45, 7) is 1.77. The van der Waals surface area contributed by atoms with Crippen molar-refractivity contribution in [1.29, 1.82) is 5.26 Å². The van der Waals surface area contributed by atoms with Crippen LogP contribution in [-0.2, 0) is 12.0 Å². The Balaban J connectivity index is 1.42. The van der Waals surface area contributed by atoms with E-state index in [4.69, 9.17) is 4.98 Å². The molecule has 1 aliphatic heterocycles. The number of nitriles is 1. The van der Waals surface area contributed by atoms with Crippen molar-refractivity contribution in [2.45, 2.75) is 24.8 Å². The van der Waals surface area contributed by atoms with Gasteiger partial charge in [-0.15, -0.1) is 0 Å². The van der Waals surface area contributed by atoms with Gasteiger partial charge in [0.15, 0.2) is 0 Å². The Bertz CT molecular complexity index is 1480. The molecule has 3 aromatic heterocycles. The highest BCUT2D eigenvalue weighted by molar-refractivity contribution is 5.88. The number of carboxylic acid groups (broad SMARTS) is 1. The molecule has 33 heavy (non-hydrogen) atoms. The standard InChI is InChI=1S/C25H21N5O3/c26-16-25(22-14-27-19-5-1-2-6-20(19)28-22)8-11-29(12-9-25)15-17-13-18(24(32)33)23(31)30-10-4-3-7-21(17)30/h1-7,10,13-14H,8-9,11-12,15H2,(H,32,33). The summed E-state index contributed by atoms with van der Waals surface area (Å²) in [6, 6.07) is 16.9.